The van der Waals surface area contributed by atoms with Crippen LogP contribution in [0.25, 0.3) is 0 Å². The highest BCUT2D eigenvalue weighted by Gasteiger charge is 2.23. The molecule has 0 fully saturated rings. The highest BCUT2D eigenvalue weighted by molar-refractivity contribution is 6.41. The number of anilines is 1. The molecule has 1 aromatic carbocycles. The first-order chi connectivity index (χ1) is 10.2. The molecule has 6 heteroatoms. The van der Waals surface area contributed by atoms with E-state index in [2.05, 4.69) is 24.5 Å². The number of hydrogen-bond donors (Lipinski definition) is 3. The summed E-state index contributed by atoms with van der Waals surface area (Å²) in [5, 5.41) is 15.4. The molecule has 0 saturated carbocycles. The van der Waals surface area contributed by atoms with Crippen molar-refractivity contribution in [3.8, 4) is 0 Å². The first-order valence-corrected chi connectivity index (χ1v) is 7.65. The number of benzene rings is 1. The summed E-state index contributed by atoms with van der Waals surface area (Å²) in [6, 6.07) is 6.65. The average Bonchev–Trinajstić information content (AvgIpc) is 2.45. The fraction of sp³-hybridized carbons (Fsp3) is 0.500. The van der Waals surface area contributed by atoms with Crippen LogP contribution in [0.2, 0.25) is 5.02 Å². The van der Waals surface area contributed by atoms with Crippen molar-refractivity contribution in [3.63, 3.8) is 0 Å². The smallest absolute Gasteiger partial charge is 0.313 e. The van der Waals surface area contributed by atoms with Crippen molar-refractivity contribution < 1.29 is 14.7 Å². The predicted octanol–water partition coefficient (Wildman–Crippen LogP) is 2.58. The second kappa shape index (κ2) is 8.15. The fourth-order valence-corrected chi connectivity index (χ4v) is 1.96. The van der Waals surface area contributed by atoms with E-state index < -0.39 is 17.4 Å². The summed E-state index contributed by atoms with van der Waals surface area (Å²) in [6.45, 7) is 5.79. The number of rotatable bonds is 6. The third-order valence-electron chi connectivity index (χ3n) is 3.22. The zero-order valence-electron chi connectivity index (χ0n) is 13.1. The second-order valence-corrected chi connectivity index (χ2v) is 6.45. The van der Waals surface area contributed by atoms with E-state index in [9.17, 15) is 14.7 Å². The second-order valence-electron chi connectivity index (χ2n) is 6.05. The molecule has 122 valence electrons. The van der Waals surface area contributed by atoms with E-state index in [1.54, 1.807) is 31.2 Å². The van der Waals surface area contributed by atoms with E-state index in [1.807, 2.05) is 0 Å². The van der Waals surface area contributed by atoms with Crippen molar-refractivity contribution in [3.05, 3.63) is 29.3 Å². The summed E-state index contributed by atoms with van der Waals surface area (Å²) >= 11 is 5.91. The van der Waals surface area contributed by atoms with Crippen molar-refractivity contribution in [1.82, 2.24) is 5.32 Å². The molecule has 0 bridgehead atoms. The lowest BCUT2D eigenvalue weighted by Gasteiger charge is -2.24. The number of halogens is 1. The van der Waals surface area contributed by atoms with Gasteiger partial charge < -0.3 is 15.7 Å². The Balaban J connectivity index is 2.48. The zero-order valence-corrected chi connectivity index (χ0v) is 13.9. The Morgan fingerprint density at radius 3 is 2.50 bits per heavy atom. The minimum Gasteiger partial charge on any atom is -0.388 e. The first-order valence-electron chi connectivity index (χ1n) is 7.27. The normalized spacial score (nSPS) is 13.5. The lowest BCUT2D eigenvalue weighted by Crippen LogP contribution is -2.44. The van der Waals surface area contributed by atoms with Crippen molar-refractivity contribution in [2.45, 2.75) is 39.2 Å². The molecule has 3 N–H and O–H groups in total. The Labute approximate surface area is 136 Å². The molecule has 1 aromatic rings. The number of carbonyl (C=O) groups is 2. The molecule has 0 aliphatic carbocycles. The molecular formula is C16H23ClN2O3. The molecule has 1 atom stereocenters. The molecule has 0 spiro atoms. The molecule has 0 aliphatic heterocycles. The maximum Gasteiger partial charge on any atom is 0.313 e. The SMILES string of the molecule is CC(C)CC[C@](C)(O)CNC(=O)C(=O)Nc1ccccc1Cl. The number of para-hydroxylation sites is 1. The van der Waals surface area contributed by atoms with Gasteiger partial charge in [-0.3, -0.25) is 9.59 Å². The third-order valence-corrected chi connectivity index (χ3v) is 3.55. The number of hydrogen-bond acceptors (Lipinski definition) is 3. The summed E-state index contributed by atoms with van der Waals surface area (Å²) in [5.74, 6) is -1.15. The molecule has 0 radical (unpaired) electrons. The average molecular weight is 327 g/mol. The van der Waals surface area contributed by atoms with Crippen molar-refractivity contribution in [2.24, 2.45) is 5.92 Å². The van der Waals surface area contributed by atoms with Gasteiger partial charge in [-0.2, -0.15) is 0 Å². The van der Waals surface area contributed by atoms with Crippen LogP contribution in [-0.2, 0) is 9.59 Å². The minimum absolute atomic E-state index is 0.0223. The molecule has 22 heavy (non-hydrogen) atoms. The van der Waals surface area contributed by atoms with Gasteiger partial charge in [0, 0.05) is 6.54 Å². The lowest BCUT2D eigenvalue weighted by molar-refractivity contribution is -0.136. The minimum atomic E-state index is -1.04. The number of nitrogens with one attached hydrogen (secondary N) is 2. The van der Waals surface area contributed by atoms with Gasteiger partial charge in [-0.1, -0.05) is 37.6 Å². The van der Waals surface area contributed by atoms with Crippen LogP contribution in [-0.4, -0.2) is 29.1 Å². The summed E-state index contributed by atoms with van der Waals surface area (Å²) < 4.78 is 0. The number of amides is 2. The van der Waals surface area contributed by atoms with Gasteiger partial charge in [-0.15, -0.1) is 0 Å². The first kappa shape index (κ1) is 18.5. The van der Waals surface area contributed by atoms with Crippen LogP contribution in [0, 0.1) is 5.92 Å². The predicted molar refractivity (Wildman–Crippen MR) is 87.8 cm³/mol. The van der Waals surface area contributed by atoms with E-state index in [-0.39, 0.29) is 6.54 Å². The quantitative estimate of drug-likeness (QED) is 0.703. The Hall–Kier alpha value is -1.59. The molecule has 1 rings (SSSR count). The van der Waals surface area contributed by atoms with Crippen molar-refractivity contribution in [2.75, 3.05) is 11.9 Å². The van der Waals surface area contributed by atoms with E-state index in [0.717, 1.165) is 6.42 Å². The van der Waals surface area contributed by atoms with Gasteiger partial charge in [0.2, 0.25) is 0 Å². The van der Waals surface area contributed by atoms with Crippen LogP contribution in [0.4, 0.5) is 5.69 Å². The molecule has 2 amide bonds. The zero-order chi connectivity index (χ0) is 16.8. The van der Waals surface area contributed by atoms with Crippen LogP contribution in [0.15, 0.2) is 24.3 Å². The topological polar surface area (TPSA) is 78.4 Å². The molecule has 0 aromatic heterocycles. The highest BCUT2D eigenvalue weighted by atomic mass is 35.5. The van der Waals surface area contributed by atoms with Crippen LogP contribution in [0.1, 0.15) is 33.6 Å². The van der Waals surface area contributed by atoms with Gasteiger partial charge in [-0.05, 0) is 37.8 Å². The Bertz CT molecular complexity index is 530. The maximum atomic E-state index is 11.8. The van der Waals surface area contributed by atoms with Crippen LogP contribution >= 0.6 is 11.6 Å². The van der Waals surface area contributed by atoms with Crippen LogP contribution in [0.5, 0.6) is 0 Å². The molecule has 5 nitrogen and oxygen atoms in total. The Morgan fingerprint density at radius 2 is 1.91 bits per heavy atom. The van der Waals surface area contributed by atoms with Crippen molar-refractivity contribution in [1.29, 1.82) is 0 Å². The van der Waals surface area contributed by atoms with E-state index in [4.69, 9.17) is 11.6 Å². The Kier molecular flexibility index (Phi) is 6.84. The van der Waals surface area contributed by atoms with E-state index in [0.29, 0.717) is 23.0 Å². The standard InChI is InChI=1S/C16H23ClN2O3/c1-11(2)8-9-16(3,22)10-18-14(20)15(21)19-13-7-5-4-6-12(13)17/h4-7,11,22H,8-10H2,1-3H3,(H,18,20)(H,19,21)/t16-/m0/s1. The Morgan fingerprint density at radius 1 is 1.27 bits per heavy atom. The maximum absolute atomic E-state index is 11.8. The third kappa shape index (κ3) is 6.45. The monoisotopic (exact) mass is 326 g/mol. The highest BCUT2D eigenvalue weighted by Crippen LogP contribution is 2.20. The van der Waals surface area contributed by atoms with E-state index in [1.165, 1.54) is 0 Å². The van der Waals surface area contributed by atoms with Gasteiger partial charge in [0.15, 0.2) is 0 Å². The van der Waals surface area contributed by atoms with Crippen molar-refractivity contribution >= 4 is 29.1 Å². The van der Waals surface area contributed by atoms with Gasteiger partial charge in [0.25, 0.3) is 0 Å². The van der Waals surface area contributed by atoms with Crippen LogP contribution < -0.4 is 10.6 Å². The fourth-order valence-electron chi connectivity index (χ4n) is 1.78. The van der Waals surface area contributed by atoms with Crippen LogP contribution in [0.3, 0.4) is 0 Å². The largest absolute Gasteiger partial charge is 0.388 e. The summed E-state index contributed by atoms with van der Waals surface area (Å²) in [4.78, 5) is 23.6. The molecule has 0 aliphatic rings. The summed E-state index contributed by atoms with van der Waals surface area (Å²) in [5.41, 5.74) is -0.666. The van der Waals surface area contributed by atoms with Gasteiger partial charge >= 0.3 is 11.8 Å². The van der Waals surface area contributed by atoms with Gasteiger partial charge in [0.05, 0.1) is 16.3 Å². The number of carbonyl (C=O) groups excluding carboxylic acids is 2. The van der Waals surface area contributed by atoms with Gasteiger partial charge in [0.1, 0.15) is 0 Å². The molecule has 0 saturated heterocycles. The summed E-state index contributed by atoms with van der Waals surface area (Å²) in [6.07, 6.45) is 1.39. The van der Waals surface area contributed by atoms with Gasteiger partial charge in [-0.25, -0.2) is 0 Å². The molecule has 0 heterocycles. The van der Waals surface area contributed by atoms with E-state index >= 15 is 0 Å². The number of aliphatic hydroxyl groups is 1. The molecule has 0 unspecified atom stereocenters. The lowest BCUT2D eigenvalue weighted by atomic mass is 9.95. The molecular weight excluding hydrogens is 304 g/mol. The summed E-state index contributed by atoms with van der Waals surface area (Å²) in [7, 11) is 0.